The zero-order valence-electron chi connectivity index (χ0n) is 11.3. The molecule has 1 fully saturated rings. The molecule has 2 amide bonds. The molecule has 2 heterocycles. The van der Waals surface area contributed by atoms with E-state index in [0.717, 1.165) is 11.1 Å². The Bertz CT molecular complexity index is 482. The number of rotatable bonds is 2. The van der Waals surface area contributed by atoms with Gasteiger partial charge in [0.1, 0.15) is 0 Å². The number of allylic oxidation sites excluding steroid dienone is 1. The van der Waals surface area contributed by atoms with Crippen molar-refractivity contribution in [2.75, 3.05) is 26.2 Å². The SMILES string of the molecule is CC(C)=CC(=O)N1CCN(C(=O)c2ccsc2)CC1. The smallest absolute Gasteiger partial charge is 0.254 e. The van der Waals surface area contributed by atoms with Crippen LogP contribution in [0.4, 0.5) is 0 Å². The predicted octanol–water partition coefficient (Wildman–Crippen LogP) is 2.00. The predicted molar refractivity (Wildman–Crippen MR) is 76.2 cm³/mol. The van der Waals surface area contributed by atoms with E-state index in [4.69, 9.17) is 0 Å². The summed E-state index contributed by atoms with van der Waals surface area (Å²) in [5, 5.41) is 3.77. The van der Waals surface area contributed by atoms with Gasteiger partial charge in [-0.15, -0.1) is 0 Å². The molecule has 0 aliphatic carbocycles. The van der Waals surface area contributed by atoms with Gasteiger partial charge >= 0.3 is 0 Å². The Morgan fingerprint density at radius 2 is 1.79 bits per heavy atom. The number of carbonyl (C=O) groups is 2. The number of hydrogen-bond donors (Lipinski definition) is 0. The summed E-state index contributed by atoms with van der Waals surface area (Å²) in [5.41, 5.74) is 1.75. The van der Waals surface area contributed by atoms with Crippen molar-refractivity contribution >= 4 is 23.2 Å². The van der Waals surface area contributed by atoms with Gasteiger partial charge in [-0.2, -0.15) is 11.3 Å². The Balaban J connectivity index is 1.91. The standard InChI is InChI=1S/C14H18N2O2S/c1-11(2)9-13(17)15-4-6-16(7-5-15)14(18)12-3-8-19-10-12/h3,8-10H,4-7H2,1-2H3. The minimum atomic E-state index is 0.0441. The Morgan fingerprint density at radius 3 is 2.32 bits per heavy atom. The molecule has 1 aromatic heterocycles. The van der Waals surface area contributed by atoms with Crippen molar-refractivity contribution in [3.8, 4) is 0 Å². The van der Waals surface area contributed by atoms with Crippen LogP contribution in [0.3, 0.4) is 0 Å². The van der Waals surface area contributed by atoms with E-state index in [0.29, 0.717) is 26.2 Å². The van der Waals surface area contributed by atoms with E-state index < -0.39 is 0 Å². The van der Waals surface area contributed by atoms with Gasteiger partial charge in [0.05, 0.1) is 5.56 Å². The zero-order valence-corrected chi connectivity index (χ0v) is 12.1. The van der Waals surface area contributed by atoms with E-state index in [1.165, 1.54) is 11.3 Å². The fraction of sp³-hybridized carbons (Fsp3) is 0.429. The third-order valence-corrected chi connectivity index (χ3v) is 3.74. The van der Waals surface area contributed by atoms with Crippen LogP contribution in [0.15, 0.2) is 28.5 Å². The van der Waals surface area contributed by atoms with Crippen molar-refractivity contribution in [2.24, 2.45) is 0 Å². The number of amides is 2. The van der Waals surface area contributed by atoms with E-state index in [2.05, 4.69) is 0 Å². The lowest BCUT2D eigenvalue weighted by Crippen LogP contribution is -2.50. The van der Waals surface area contributed by atoms with Crippen LogP contribution < -0.4 is 0 Å². The molecule has 1 aromatic rings. The van der Waals surface area contributed by atoms with Crippen molar-refractivity contribution < 1.29 is 9.59 Å². The van der Waals surface area contributed by atoms with E-state index in [1.807, 2.05) is 35.6 Å². The van der Waals surface area contributed by atoms with Gasteiger partial charge in [0, 0.05) is 37.6 Å². The summed E-state index contributed by atoms with van der Waals surface area (Å²) in [6, 6.07) is 1.84. The molecule has 2 rings (SSSR count). The Morgan fingerprint density at radius 1 is 1.16 bits per heavy atom. The van der Waals surface area contributed by atoms with Gasteiger partial charge in [0.25, 0.3) is 5.91 Å². The minimum absolute atomic E-state index is 0.0441. The second kappa shape index (κ2) is 6.02. The first-order valence-electron chi connectivity index (χ1n) is 6.33. The molecule has 0 spiro atoms. The van der Waals surface area contributed by atoms with E-state index in [-0.39, 0.29) is 11.8 Å². The average Bonchev–Trinajstić information content (AvgIpc) is 2.91. The van der Waals surface area contributed by atoms with Crippen LogP contribution in [0.25, 0.3) is 0 Å². The van der Waals surface area contributed by atoms with Crippen molar-refractivity contribution in [1.29, 1.82) is 0 Å². The highest BCUT2D eigenvalue weighted by Crippen LogP contribution is 2.12. The summed E-state index contributed by atoms with van der Waals surface area (Å²) in [4.78, 5) is 27.6. The normalized spacial score (nSPS) is 15.3. The van der Waals surface area contributed by atoms with E-state index in [1.54, 1.807) is 11.0 Å². The average molecular weight is 278 g/mol. The summed E-state index contributed by atoms with van der Waals surface area (Å²) in [6.45, 7) is 6.26. The van der Waals surface area contributed by atoms with Crippen LogP contribution in [-0.4, -0.2) is 47.8 Å². The highest BCUT2D eigenvalue weighted by Gasteiger charge is 2.23. The van der Waals surface area contributed by atoms with Gasteiger partial charge in [-0.25, -0.2) is 0 Å². The first kappa shape index (κ1) is 13.8. The van der Waals surface area contributed by atoms with Crippen LogP contribution in [0, 0.1) is 0 Å². The molecular weight excluding hydrogens is 260 g/mol. The zero-order chi connectivity index (χ0) is 13.8. The molecule has 4 nitrogen and oxygen atoms in total. The summed E-state index contributed by atoms with van der Waals surface area (Å²) >= 11 is 1.52. The molecular formula is C14H18N2O2S. The van der Waals surface area contributed by atoms with Gasteiger partial charge in [0.2, 0.25) is 5.91 Å². The van der Waals surface area contributed by atoms with Crippen LogP contribution in [-0.2, 0) is 4.79 Å². The number of hydrogen-bond acceptors (Lipinski definition) is 3. The molecule has 0 saturated carbocycles. The van der Waals surface area contributed by atoms with Crippen molar-refractivity contribution in [2.45, 2.75) is 13.8 Å². The highest BCUT2D eigenvalue weighted by atomic mass is 32.1. The molecule has 0 atom stereocenters. The highest BCUT2D eigenvalue weighted by molar-refractivity contribution is 7.08. The summed E-state index contributed by atoms with van der Waals surface area (Å²) in [7, 11) is 0. The van der Waals surface area contributed by atoms with Crippen LogP contribution >= 0.6 is 11.3 Å². The van der Waals surface area contributed by atoms with Crippen LogP contribution in [0.5, 0.6) is 0 Å². The first-order chi connectivity index (χ1) is 9.08. The topological polar surface area (TPSA) is 40.6 Å². The minimum Gasteiger partial charge on any atom is -0.336 e. The molecule has 1 aliphatic heterocycles. The molecule has 0 unspecified atom stereocenters. The van der Waals surface area contributed by atoms with E-state index >= 15 is 0 Å². The monoisotopic (exact) mass is 278 g/mol. The van der Waals surface area contributed by atoms with Crippen LogP contribution in [0.1, 0.15) is 24.2 Å². The Labute approximate surface area is 117 Å². The first-order valence-corrected chi connectivity index (χ1v) is 7.27. The molecule has 102 valence electrons. The van der Waals surface area contributed by atoms with E-state index in [9.17, 15) is 9.59 Å². The third-order valence-electron chi connectivity index (χ3n) is 3.06. The number of nitrogens with zero attached hydrogens (tertiary/aromatic N) is 2. The van der Waals surface area contributed by atoms with Gasteiger partial charge in [0.15, 0.2) is 0 Å². The quantitative estimate of drug-likeness (QED) is 0.776. The second-order valence-corrected chi connectivity index (χ2v) is 5.63. The third kappa shape index (κ3) is 3.44. The lowest BCUT2D eigenvalue weighted by molar-refractivity contribution is -0.127. The molecule has 1 saturated heterocycles. The van der Waals surface area contributed by atoms with Crippen molar-refractivity contribution in [1.82, 2.24) is 9.80 Å². The van der Waals surface area contributed by atoms with Crippen molar-refractivity contribution in [3.63, 3.8) is 0 Å². The molecule has 1 aliphatic rings. The maximum Gasteiger partial charge on any atom is 0.254 e. The van der Waals surface area contributed by atoms with Gasteiger partial charge < -0.3 is 9.80 Å². The van der Waals surface area contributed by atoms with Crippen LogP contribution in [0.2, 0.25) is 0 Å². The number of piperazine rings is 1. The van der Waals surface area contributed by atoms with Gasteiger partial charge in [-0.3, -0.25) is 9.59 Å². The summed E-state index contributed by atoms with van der Waals surface area (Å²) in [6.07, 6.45) is 1.65. The molecule has 5 heteroatoms. The van der Waals surface area contributed by atoms with Crippen molar-refractivity contribution in [3.05, 3.63) is 34.0 Å². The lowest BCUT2D eigenvalue weighted by atomic mass is 10.2. The molecule has 0 N–H and O–H groups in total. The number of thiophene rings is 1. The molecule has 0 bridgehead atoms. The molecule has 0 radical (unpaired) electrons. The Hall–Kier alpha value is -1.62. The maximum absolute atomic E-state index is 12.1. The fourth-order valence-electron chi connectivity index (χ4n) is 2.04. The summed E-state index contributed by atoms with van der Waals surface area (Å²) < 4.78 is 0. The summed E-state index contributed by atoms with van der Waals surface area (Å²) in [5.74, 6) is 0.109. The largest absolute Gasteiger partial charge is 0.336 e. The maximum atomic E-state index is 12.1. The Kier molecular flexibility index (Phi) is 4.37. The molecule has 0 aromatic carbocycles. The second-order valence-electron chi connectivity index (χ2n) is 4.85. The fourth-order valence-corrected chi connectivity index (χ4v) is 2.67. The lowest BCUT2D eigenvalue weighted by Gasteiger charge is -2.34. The number of carbonyl (C=O) groups excluding carboxylic acids is 2. The molecule has 19 heavy (non-hydrogen) atoms. The van der Waals surface area contributed by atoms with Gasteiger partial charge in [-0.05, 0) is 25.3 Å². The van der Waals surface area contributed by atoms with Gasteiger partial charge in [-0.1, -0.05) is 5.57 Å².